The first-order valence-corrected chi connectivity index (χ1v) is 7.82. The zero-order valence-electron chi connectivity index (χ0n) is 13.7. The van der Waals surface area contributed by atoms with E-state index < -0.39 is 0 Å². The van der Waals surface area contributed by atoms with Crippen LogP contribution >= 0.6 is 0 Å². The lowest BCUT2D eigenvalue weighted by Gasteiger charge is -2.11. The van der Waals surface area contributed by atoms with Crippen LogP contribution < -0.4 is 5.63 Å². The number of phenolic OH excluding ortho intramolecular Hbond substituents is 1. The molecule has 0 bridgehead atoms. The molecule has 4 nitrogen and oxygen atoms in total. The first kappa shape index (κ1) is 14.6. The number of rotatable bonds is 1. The van der Waals surface area contributed by atoms with Gasteiger partial charge >= 0.3 is 5.63 Å². The molecule has 4 aromatic rings. The molecule has 2 heterocycles. The molecule has 0 saturated heterocycles. The first-order chi connectivity index (χ1) is 11.5. The van der Waals surface area contributed by atoms with Gasteiger partial charge in [0.05, 0.1) is 5.69 Å². The summed E-state index contributed by atoms with van der Waals surface area (Å²) in [6.07, 6.45) is 0. The summed E-state index contributed by atoms with van der Waals surface area (Å²) in [5.74, 6) is 0.125. The van der Waals surface area contributed by atoms with E-state index >= 15 is 0 Å². The number of aryl methyl sites for hydroxylation is 2. The van der Waals surface area contributed by atoms with Crippen LogP contribution in [0.1, 0.15) is 16.7 Å². The average molecular weight is 319 g/mol. The topological polar surface area (TPSA) is 66.2 Å². The van der Waals surface area contributed by atoms with Gasteiger partial charge in [0, 0.05) is 33.0 Å². The molecule has 0 radical (unpaired) electrons. The fourth-order valence-corrected chi connectivity index (χ4v) is 3.15. The van der Waals surface area contributed by atoms with Crippen LogP contribution in [-0.4, -0.2) is 10.1 Å². The third kappa shape index (κ3) is 1.96. The lowest BCUT2D eigenvalue weighted by atomic mass is 9.98. The Morgan fingerprint density at radius 1 is 1.00 bits per heavy atom. The van der Waals surface area contributed by atoms with Crippen molar-refractivity contribution in [1.29, 1.82) is 0 Å². The molecule has 0 amide bonds. The van der Waals surface area contributed by atoms with Gasteiger partial charge < -0.3 is 14.5 Å². The van der Waals surface area contributed by atoms with Gasteiger partial charge in [-0.1, -0.05) is 18.2 Å². The Balaban J connectivity index is 2.09. The maximum atomic E-state index is 11.9. The Kier molecular flexibility index (Phi) is 3.03. The molecule has 0 saturated carbocycles. The van der Waals surface area contributed by atoms with Crippen LogP contribution in [0.3, 0.4) is 0 Å². The molecular weight excluding hydrogens is 302 g/mol. The predicted octanol–water partition coefficient (Wildman–Crippen LogP) is 4.57. The summed E-state index contributed by atoms with van der Waals surface area (Å²) >= 11 is 0. The van der Waals surface area contributed by atoms with Crippen molar-refractivity contribution in [2.75, 3.05) is 0 Å². The number of nitrogens with one attached hydrogen (secondary N) is 1. The Labute approximate surface area is 138 Å². The lowest BCUT2D eigenvalue weighted by molar-refractivity contribution is 0.470. The number of para-hydroxylation sites is 1. The van der Waals surface area contributed by atoms with Gasteiger partial charge in [-0.25, -0.2) is 4.79 Å². The van der Waals surface area contributed by atoms with Crippen molar-refractivity contribution in [2.45, 2.75) is 20.8 Å². The molecule has 2 N–H and O–H groups in total. The third-order valence-corrected chi connectivity index (χ3v) is 4.77. The lowest BCUT2D eigenvalue weighted by Crippen LogP contribution is -2.06. The van der Waals surface area contributed by atoms with E-state index in [9.17, 15) is 9.90 Å². The largest absolute Gasteiger partial charge is 0.507 e. The monoisotopic (exact) mass is 319 g/mol. The summed E-state index contributed by atoms with van der Waals surface area (Å²) in [5.41, 5.74) is 4.67. The summed E-state index contributed by atoms with van der Waals surface area (Å²) in [6.45, 7) is 5.42. The van der Waals surface area contributed by atoms with Crippen molar-refractivity contribution in [3.05, 3.63) is 63.5 Å². The summed E-state index contributed by atoms with van der Waals surface area (Å²) in [5, 5.41) is 12.6. The van der Waals surface area contributed by atoms with E-state index in [1.54, 1.807) is 13.8 Å². The molecule has 0 fully saturated rings. The molecule has 0 aliphatic carbocycles. The van der Waals surface area contributed by atoms with E-state index in [0.29, 0.717) is 22.3 Å². The minimum atomic E-state index is -0.360. The molecule has 2 aromatic heterocycles. The summed E-state index contributed by atoms with van der Waals surface area (Å²) in [6, 6.07) is 11.9. The second-order valence-electron chi connectivity index (χ2n) is 6.18. The van der Waals surface area contributed by atoms with E-state index in [1.165, 1.54) is 0 Å². The Morgan fingerprint density at radius 3 is 2.50 bits per heavy atom. The van der Waals surface area contributed by atoms with Gasteiger partial charge in [0.15, 0.2) is 0 Å². The standard InChI is InChI=1S/C20H17NO3/c1-10-11(2)20(23)24-19-12(3)18(22)15(9-14(10)19)17-8-13-6-4-5-7-16(13)21-17/h4-9,21-22H,1-3H3. The van der Waals surface area contributed by atoms with E-state index in [1.807, 2.05) is 43.3 Å². The van der Waals surface area contributed by atoms with Gasteiger partial charge in [0.25, 0.3) is 0 Å². The zero-order valence-corrected chi connectivity index (χ0v) is 13.7. The summed E-state index contributed by atoms with van der Waals surface area (Å²) < 4.78 is 5.41. The highest BCUT2D eigenvalue weighted by Gasteiger charge is 2.17. The Morgan fingerprint density at radius 2 is 1.75 bits per heavy atom. The van der Waals surface area contributed by atoms with E-state index in [2.05, 4.69) is 4.98 Å². The molecule has 0 aliphatic heterocycles. The van der Waals surface area contributed by atoms with Gasteiger partial charge in [-0.05, 0) is 44.5 Å². The number of hydrogen-bond acceptors (Lipinski definition) is 3. The van der Waals surface area contributed by atoms with Crippen molar-refractivity contribution in [3.63, 3.8) is 0 Å². The van der Waals surface area contributed by atoms with Gasteiger partial charge in [-0.15, -0.1) is 0 Å². The van der Waals surface area contributed by atoms with E-state index in [0.717, 1.165) is 27.5 Å². The normalized spacial score (nSPS) is 11.5. The molecule has 0 aliphatic rings. The number of aromatic nitrogens is 1. The van der Waals surface area contributed by atoms with Crippen LogP contribution in [0.4, 0.5) is 0 Å². The number of hydrogen-bond donors (Lipinski definition) is 2. The number of aromatic amines is 1. The SMILES string of the molecule is Cc1c(C)c2cc(-c3cc4ccccc4[nH]3)c(O)c(C)c2oc1=O. The van der Waals surface area contributed by atoms with Crippen LogP contribution in [0.15, 0.2) is 45.6 Å². The fourth-order valence-electron chi connectivity index (χ4n) is 3.15. The highest BCUT2D eigenvalue weighted by Crippen LogP contribution is 2.38. The molecule has 4 heteroatoms. The van der Waals surface area contributed by atoms with Crippen molar-refractivity contribution in [2.24, 2.45) is 0 Å². The van der Waals surface area contributed by atoms with Crippen LogP contribution in [0.5, 0.6) is 5.75 Å². The molecule has 4 rings (SSSR count). The zero-order chi connectivity index (χ0) is 17.0. The predicted molar refractivity (Wildman–Crippen MR) is 95.7 cm³/mol. The quantitative estimate of drug-likeness (QED) is 0.505. The average Bonchev–Trinajstić information content (AvgIpc) is 3.00. The molecule has 0 spiro atoms. The molecule has 2 aromatic carbocycles. The van der Waals surface area contributed by atoms with Crippen LogP contribution in [0.25, 0.3) is 33.1 Å². The summed E-state index contributed by atoms with van der Waals surface area (Å²) in [7, 11) is 0. The minimum Gasteiger partial charge on any atom is -0.507 e. The Bertz CT molecular complexity index is 1130. The van der Waals surface area contributed by atoms with Crippen LogP contribution in [0, 0.1) is 20.8 Å². The summed E-state index contributed by atoms with van der Waals surface area (Å²) in [4.78, 5) is 15.3. The molecule has 0 unspecified atom stereocenters. The van der Waals surface area contributed by atoms with E-state index in [4.69, 9.17) is 4.42 Å². The smallest absolute Gasteiger partial charge is 0.339 e. The molecule has 24 heavy (non-hydrogen) atoms. The second kappa shape index (κ2) is 4.99. The number of benzene rings is 2. The maximum absolute atomic E-state index is 11.9. The Hall–Kier alpha value is -3.01. The van der Waals surface area contributed by atoms with Gasteiger partial charge in [-0.2, -0.15) is 0 Å². The van der Waals surface area contributed by atoms with Gasteiger partial charge in [0.1, 0.15) is 11.3 Å². The number of phenols is 1. The number of fused-ring (bicyclic) bond motifs is 2. The first-order valence-electron chi connectivity index (χ1n) is 7.82. The van der Waals surface area contributed by atoms with Gasteiger partial charge in [-0.3, -0.25) is 0 Å². The van der Waals surface area contributed by atoms with E-state index in [-0.39, 0.29) is 11.4 Å². The van der Waals surface area contributed by atoms with Crippen molar-refractivity contribution < 1.29 is 9.52 Å². The highest BCUT2D eigenvalue weighted by molar-refractivity contribution is 5.94. The third-order valence-electron chi connectivity index (χ3n) is 4.77. The molecule has 0 atom stereocenters. The van der Waals surface area contributed by atoms with Crippen molar-refractivity contribution in [3.8, 4) is 17.0 Å². The number of aromatic hydroxyl groups is 1. The van der Waals surface area contributed by atoms with Crippen LogP contribution in [-0.2, 0) is 0 Å². The number of H-pyrrole nitrogens is 1. The van der Waals surface area contributed by atoms with Crippen molar-refractivity contribution in [1.82, 2.24) is 4.98 Å². The minimum absolute atomic E-state index is 0.125. The van der Waals surface area contributed by atoms with Crippen LogP contribution in [0.2, 0.25) is 0 Å². The molecule has 120 valence electrons. The second-order valence-corrected chi connectivity index (χ2v) is 6.18. The fraction of sp³-hybridized carbons (Fsp3) is 0.150. The molecular formula is C20H17NO3. The van der Waals surface area contributed by atoms with Crippen molar-refractivity contribution >= 4 is 21.9 Å². The maximum Gasteiger partial charge on any atom is 0.339 e. The highest BCUT2D eigenvalue weighted by atomic mass is 16.4. The van der Waals surface area contributed by atoms with Gasteiger partial charge in [0.2, 0.25) is 0 Å².